The van der Waals surface area contributed by atoms with E-state index in [0.29, 0.717) is 47.7 Å². The highest BCUT2D eigenvalue weighted by molar-refractivity contribution is 5.93. The molecule has 4 heterocycles. The fourth-order valence-corrected chi connectivity index (χ4v) is 3.65. The van der Waals surface area contributed by atoms with Crippen LogP contribution in [0.2, 0.25) is 0 Å². The van der Waals surface area contributed by atoms with Gasteiger partial charge in [0.25, 0.3) is 5.91 Å². The van der Waals surface area contributed by atoms with Crippen LogP contribution < -0.4 is 14.2 Å². The topological polar surface area (TPSA) is 102 Å². The maximum atomic E-state index is 12.9. The van der Waals surface area contributed by atoms with Crippen LogP contribution in [-0.4, -0.2) is 57.0 Å². The van der Waals surface area contributed by atoms with Crippen molar-refractivity contribution in [3.8, 4) is 28.6 Å². The number of H-pyrrole nitrogens is 1. The molecule has 2 aromatic heterocycles. The van der Waals surface area contributed by atoms with Gasteiger partial charge in [0.05, 0.1) is 5.69 Å². The molecular formula is C21H21N5O4. The van der Waals surface area contributed by atoms with Crippen molar-refractivity contribution in [3.63, 3.8) is 0 Å². The zero-order chi connectivity index (χ0) is 20.5. The minimum atomic E-state index is -0.0641. The number of hydrogen-bond acceptors (Lipinski definition) is 7. The standard InChI is InChI=1S/C21H21N5O4/c1-13-22-7-4-20(23-13)30-15-5-8-26(9-6-15)21(27)17-11-16(24-25-17)14-2-3-18-19(10-14)29-12-28-18/h2-4,7,10-11,15H,5-6,8-9,12H2,1H3,(H,24,25). The summed E-state index contributed by atoms with van der Waals surface area (Å²) in [6, 6.07) is 9.14. The molecule has 1 fully saturated rings. The second-order valence-corrected chi connectivity index (χ2v) is 7.29. The molecule has 1 N–H and O–H groups in total. The van der Waals surface area contributed by atoms with Crippen molar-refractivity contribution in [3.05, 3.63) is 48.0 Å². The highest BCUT2D eigenvalue weighted by Crippen LogP contribution is 2.35. The van der Waals surface area contributed by atoms with Crippen molar-refractivity contribution in [1.29, 1.82) is 0 Å². The Balaban J connectivity index is 1.21. The van der Waals surface area contributed by atoms with Crippen molar-refractivity contribution >= 4 is 5.91 Å². The molecule has 0 spiro atoms. The Kier molecular flexibility index (Phi) is 4.70. The van der Waals surface area contributed by atoms with Gasteiger partial charge < -0.3 is 19.1 Å². The average molecular weight is 407 g/mol. The zero-order valence-electron chi connectivity index (χ0n) is 16.5. The van der Waals surface area contributed by atoms with E-state index in [1.807, 2.05) is 30.0 Å². The Hall–Kier alpha value is -3.62. The van der Waals surface area contributed by atoms with Crippen LogP contribution in [0.1, 0.15) is 29.2 Å². The number of carbonyl (C=O) groups is 1. The molecule has 1 aromatic carbocycles. The molecule has 154 valence electrons. The first kappa shape index (κ1) is 18.4. The number of ether oxygens (including phenoxy) is 3. The summed E-state index contributed by atoms with van der Waals surface area (Å²) in [5.74, 6) is 2.59. The molecule has 1 amide bonds. The van der Waals surface area contributed by atoms with Crippen LogP contribution in [0.25, 0.3) is 11.3 Å². The van der Waals surface area contributed by atoms with Gasteiger partial charge >= 0.3 is 0 Å². The number of rotatable bonds is 4. The number of carbonyl (C=O) groups excluding carboxylic acids is 1. The number of fused-ring (bicyclic) bond motifs is 1. The molecule has 0 unspecified atom stereocenters. The molecule has 1 saturated heterocycles. The molecule has 0 atom stereocenters. The van der Waals surface area contributed by atoms with Crippen LogP contribution in [0, 0.1) is 6.92 Å². The number of nitrogens with one attached hydrogen (secondary N) is 1. The van der Waals surface area contributed by atoms with E-state index in [2.05, 4.69) is 20.2 Å². The van der Waals surface area contributed by atoms with E-state index in [0.717, 1.165) is 18.4 Å². The lowest BCUT2D eigenvalue weighted by atomic mass is 10.1. The third kappa shape index (κ3) is 3.66. The Bertz CT molecular complexity index is 1070. The van der Waals surface area contributed by atoms with E-state index >= 15 is 0 Å². The Labute approximate surface area is 173 Å². The normalized spacial score (nSPS) is 16.0. The van der Waals surface area contributed by atoms with Crippen molar-refractivity contribution in [1.82, 2.24) is 25.1 Å². The molecule has 30 heavy (non-hydrogen) atoms. The van der Waals surface area contributed by atoms with Gasteiger partial charge in [0.1, 0.15) is 17.6 Å². The van der Waals surface area contributed by atoms with E-state index < -0.39 is 0 Å². The monoisotopic (exact) mass is 407 g/mol. The molecule has 0 saturated carbocycles. The number of aromatic nitrogens is 4. The van der Waals surface area contributed by atoms with Crippen LogP contribution >= 0.6 is 0 Å². The van der Waals surface area contributed by atoms with E-state index in [9.17, 15) is 4.79 Å². The largest absolute Gasteiger partial charge is 0.474 e. The number of aromatic amines is 1. The average Bonchev–Trinajstić information content (AvgIpc) is 3.43. The minimum absolute atomic E-state index is 0.0364. The smallest absolute Gasteiger partial charge is 0.271 e. The zero-order valence-corrected chi connectivity index (χ0v) is 16.5. The van der Waals surface area contributed by atoms with Crippen LogP contribution in [0.3, 0.4) is 0 Å². The van der Waals surface area contributed by atoms with Gasteiger partial charge in [-0.3, -0.25) is 9.89 Å². The van der Waals surface area contributed by atoms with Crippen molar-refractivity contribution < 1.29 is 19.0 Å². The second-order valence-electron chi connectivity index (χ2n) is 7.29. The predicted molar refractivity (Wildman–Crippen MR) is 106 cm³/mol. The third-order valence-corrected chi connectivity index (χ3v) is 5.24. The summed E-state index contributed by atoms with van der Waals surface area (Å²) in [5, 5.41) is 7.16. The van der Waals surface area contributed by atoms with Gasteiger partial charge in [-0.25, -0.2) is 4.98 Å². The summed E-state index contributed by atoms with van der Waals surface area (Å²) in [6.45, 7) is 3.29. The van der Waals surface area contributed by atoms with E-state index in [1.54, 1.807) is 18.3 Å². The lowest BCUT2D eigenvalue weighted by molar-refractivity contribution is 0.0582. The maximum absolute atomic E-state index is 12.9. The summed E-state index contributed by atoms with van der Waals surface area (Å²) >= 11 is 0. The molecule has 0 radical (unpaired) electrons. The van der Waals surface area contributed by atoms with Crippen LogP contribution in [0.4, 0.5) is 0 Å². The summed E-state index contributed by atoms with van der Waals surface area (Å²) in [5.41, 5.74) is 2.02. The van der Waals surface area contributed by atoms with Crippen LogP contribution in [0.5, 0.6) is 17.4 Å². The molecule has 5 rings (SSSR count). The lowest BCUT2D eigenvalue weighted by Gasteiger charge is -2.31. The van der Waals surface area contributed by atoms with Gasteiger partial charge in [-0.2, -0.15) is 10.1 Å². The van der Waals surface area contributed by atoms with Gasteiger partial charge in [0, 0.05) is 43.8 Å². The number of likely N-dealkylation sites (tertiary alicyclic amines) is 1. The number of benzene rings is 1. The molecular weight excluding hydrogens is 386 g/mol. The van der Waals surface area contributed by atoms with Gasteiger partial charge in [-0.05, 0) is 31.2 Å². The number of amides is 1. The number of nitrogens with zero attached hydrogens (tertiary/aromatic N) is 4. The van der Waals surface area contributed by atoms with Gasteiger partial charge in [-0.15, -0.1) is 0 Å². The fraction of sp³-hybridized carbons (Fsp3) is 0.333. The predicted octanol–water partition coefficient (Wildman–Crippen LogP) is 2.59. The molecule has 3 aromatic rings. The first-order chi connectivity index (χ1) is 14.7. The second kappa shape index (κ2) is 7.66. The summed E-state index contributed by atoms with van der Waals surface area (Å²) in [7, 11) is 0. The van der Waals surface area contributed by atoms with Crippen molar-refractivity contribution in [2.45, 2.75) is 25.9 Å². The Morgan fingerprint density at radius 1 is 1.17 bits per heavy atom. The Morgan fingerprint density at radius 2 is 2.00 bits per heavy atom. The third-order valence-electron chi connectivity index (χ3n) is 5.24. The highest BCUT2D eigenvalue weighted by atomic mass is 16.7. The van der Waals surface area contributed by atoms with Crippen molar-refractivity contribution in [2.75, 3.05) is 19.9 Å². The van der Waals surface area contributed by atoms with Gasteiger partial charge in [0.2, 0.25) is 12.7 Å². The number of aryl methyl sites for hydroxylation is 1. The fourth-order valence-electron chi connectivity index (χ4n) is 3.65. The first-order valence-corrected chi connectivity index (χ1v) is 9.87. The SMILES string of the molecule is Cc1nccc(OC2CCN(C(=O)c3cc(-c4ccc5c(c4)OCO5)n[nH]3)CC2)n1. The maximum Gasteiger partial charge on any atom is 0.271 e. The molecule has 9 nitrogen and oxygen atoms in total. The number of hydrogen-bond donors (Lipinski definition) is 1. The van der Waals surface area contributed by atoms with E-state index in [4.69, 9.17) is 14.2 Å². The van der Waals surface area contributed by atoms with Crippen LogP contribution in [-0.2, 0) is 0 Å². The van der Waals surface area contributed by atoms with Gasteiger partial charge in [-0.1, -0.05) is 0 Å². The van der Waals surface area contributed by atoms with Crippen molar-refractivity contribution in [2.24, 2.45) is 0 Å². The summed E-state index contributed by atoms with van der Waals surface area (Å²) < 4.78 is 16.7. The molecule has 9 heteroatoms. The number of piperidine rings is 1. The van der Waals surface area contributed by atoms with Crippen LogP contribution in [0.15, 0.2) is 36.5 Å². The molecule has 0 aliphatic carbocycles. The quantitative estimate of drug-likeness (QED) is 0.709. The van der Waals surface area contributed by atoms with Gasteiger partial charge in [0.15, 0.2) is 11.5 Å². The summed E-state index contributed by atoms with van der Waals surface area (Å²) in [6.07, 6.45) is 3.22. The Morgan fingerprint density at radius 3 is 2.83 bits per heavy atom. The highest BCUT2D eigenvalue weighted by Gasteiger charge is 2.26. The minimum Gasteiger partial charge on any atom is -0.474 e. The molecule has 0 bridgehead atoms. The molecule has 2 aliphatic rings. The lowest BCUT2D eigenvalue weighted by Crippen LogP contribution is -2.42. The first-order valence-electron chi connectivity index (χ1n) is 9.87. The van der Waals surface area contributed by atoms with E-state index in [-0.39, 0.29) is 18.8 Å². The molecule has 2 aliphatic heterocycles. The van der Waals surface area contributed by atoms with E-state index in [1.165, 1.54) is 0 Å². The summed E-state index contributed by atoms with van der Waals surface area (Å²) in [4.78, 5) is 23.1.